The Balaban J connectivity index is 1.69. The second kappa shape index (κ2) is 11.6. The van der Waals surface area contributed by atoms with Gasteiger partial charge in [-0.15, -0.1) is 5.10 Å². The lowest BCUT2D eigenvalue weighted by molar-refractivity contribution is -0.137. The van der Waals surface area contributed by atoms with Crippen molar-refractivity contribution in [1.82, 2.24) is 24.4 Å². The number of hydrogen-bond acceptors (Lipinski definition) is 8. The molecular formula is C26H30ClF3N6O5S. The Morgan fingerprint density at radius 3 is 2.33 bits per heavy atom. The number of anilines is 1. The molecule has 2 aromatic carbocycles. The highest BCUT2D eigenvalue weighted by atomic mass is 35.5. The van der Waals surface area contributed by atoms with Gasteiger partial charge in [0.25, 0.3) is 0 Å². The van der Waals surface area contributed by atoms with E-state index in [2.05, 4.69) is 15.2 Å². The van der Waals surface area contributed by atoms with Crippen LogP contribution in [0.5, 0.6) is 5.75 Å². The summed E-state index contributed by atoms with van der Waals surface area (Å²) in [7, 11) is -3.00. The average Bonchev–Trinajstić information content (AvgIpc) is 3.30. The largest absolute Gasteiger partial charge is 0.495 e. The summed E-state index contributed by atoms with van der Waals surface area (Å²) in [6.45, 7) is 5.21. The number of H-pyrrole nitrogens is 1. The minimum absolute atomic E-state index is 0.0508. The predicted octanol–water partition coefficient (Wildman–Crippen LogP) is 4.57. The number of carbonyl (C=O) groups is 1. The van der Waals surface area contributed by atoms with Crippen molar-refractivity contribution in [2.24, 2.45) is 0 Å². The van der Waals surface area contributed by atoms with Crippen LogP contribution < -0.4 is 10.5 Å². The number of methoxy groups -OCH3 is 1. The number of aromatic amines is 1. The molecule has 3 aromatic rings. The van der Waals surface area contributed by atoms with E-state index in [1.54, 1.807) is 20.8 Å². The number of hydrogen-bond donors (Lipinski definition) is 2. The number of carbonyl (C=O) groups excluding carboxylic acids is 1. The number of amides is 1. The molecule has 1 aliphatic rings. The summed E-state index contributed by atoms with van der Waals surface area (Å²) in [5, 5.41) is 5.97. The first-order chi connectivity index (χ1) is 19.5. The summed E-state index contributed by atoms with van der Waals surface area (Å²) in [4.78, 5) is 17.4. The fraction of sp³-hybridized carbons (Fsp3) is 0.423. The number of nitrogens with zero attached hydrogens (tertiary/aromatic N) is 4. The lowest BCUT2D eigenvalue weighted by Crippen LogP contribution is -2.51. The van der Waals surface area contributed by atoms with Crippen LogP contribution in [-0.2, 0) is 27.4 Å². The van der Waals surface area contributed by atoms with E-state index in [1.165, 1.54) is 30.2 Å². The number of rotatable bonds is 6. The number of ether oxygens (including phenoxy) is 2. The molecule has 4 rings (SSSR count). The van der Waals surface area contributed by atoms with E-state index in [0.29, 0.717) is 0 Å². The zero-order valence-electron chi connectivity index (χ0n) is 23.2. The third-order valence-corrected chi connectivity index (χ3v) is 8.55. The van der Waals surface area contributed by atoms with Gasteiger partial charge in [-0.3, -0.25) is 5.10 Å². The number of nitrogens with one attached hydrogen (secondary N) is 1. The maximum atomic E-state index is 14.3. The van der Waals surface area contributed by atoms with Crippen molar-refractivity contribution in [1.29, 1.82) is 0 Å². The third-order valence-electron chi connectivity index (χ3n) is 6.34. The van der Waals surface area contributed by atoms with Gasteiger partial charge in [-0.25, -0.2) is 13.2 Å². The Morgan fingerprint density at radius 2 is 1.79 bits per heavy atom. The molecule has 1 amide bonds. The van der Waals surface area contributed by atoms with Gasteiger partial charge < -0.3 is 20.1 Å². The molecule has 0 unspecified atom stereocenters. The number of sulfonamides is 1. The maximum absolute atomic E-state index is 14.3. The molecule has 1 aliphatic heterocycles. The molecule has 16 heteroatoms. The minimum Gasteiger partial charge on any atom is -0.495 e. The number of alkyl halides is 3. The van der Waals surface area contributed by atoms with E-state index in [4.69, 9.17) is 26.8 Å². The number of benzene rings is 2. The van der Waals surface area contributed by atoms with Crippen molar-refractivity contribution in [3.8, 4) is 16.9 Å². The average molecular weight is 631 g/mol. The van der Waals surface area contributed by atoms with Crippen molar-refractivity contribution in [2.75, 3.05) is 39.0 Å². The fourth-order valence-electron chi connectivity index (χ4n) is 4.47. The third kappa shape index (κ3) is 6.90. The molecule has 3 N–H and O–H groups in total. The highest BCUT2D eigenvalue weighted by molar-refractivity contribution is 7.89. The van der Waals surface area contributed by atoms with Crippen molar-refractivity contribution < 1.29 is 35.9 Å². The van der Waals surface area contributed by atoms with Crippen LogP contribution >= 0.6 is 11.6 Å². The number of nitrogen functional groups attached to an aromatic ring is 1. The van der Waals surface area contributed by atoms with Crippen LogP contribution in [0.1, 0.15) is 37.7 Å². The zero-order valence-corrected chi connectivity index (χ0v) is 24.8. The zero-order chi connectivity index (χ0) is 31.0. The van der Waals surface area contributed by atoms with E-state index < -0.39 is 33.5 Å². The molecule has 2 heterocycles. The van der Waals surface area contributed by atoms with Crippen molar-refractivity contribution in [2.45, 2.75) is 43.9 Å². The van der Waals surface area contributed by atoms with Gasteiger partial charge in [0.15, 0.2) is 0 Å². The molecule has 0 radical (unpaired) electrons. The summed E-state index contributed by atoms with van der Waals surface area (Å²) in [5.74, 6) is 0.133. The van der Waals surface area contributed by atoms with Crippen LogP contribution in [0.3, 0.4) is 0 Å². The molecule has 228 valence electrons. The SMILES string of the molecule is COc1ccc(-c2c(Cl)cc(Cc3nc(N)n[nH]3)cc2C(F)(F)F)cc1S(=O)(=O)N1CCN(C(=O)OC(C)(C)C)CC1. The number of nitrogens with two attached hydrogens (primary N) is 1. The van der Waals surface area contributed by atoms with E-state index in [1.807, 2.05) is 0 Å². The molecular weight excluding hydrogens is 601 g/mol. The molecule has 1 aromatic heterocycles. The molecule has 0 atom stereocenters. The molecule has 0 aliphatic carbocycles. The van der Waals surface area contributed by atoms with Crippen molar-refractivity contribution in [3.05, 3.63) is 52.3 Å². The molecule has 1 saturated heterocycles. The van der Waals surface area contributed by atoms with E-state index in [0.717, 1.165) is 16.4 Å². The Hall–Kier alpha value is -3.56. The predicted molar refractivity (Wildman–Crippen MR) is 149 cm³/mol. The number of aromatic nitrogens is 3. The molecule has 0 saturated carbocycles. The topological polar surface area (TPSA) is 144 Å². The highest BCUT2D eigenvalue weighted by Gasteiger charge is 2.37. The smallest absolute Gasteiger partial charge is 0.417 e. The summed E-state index contributed by atoms with van der Waals surface area (Å²) in [6, 6.07) is 5.97. The Kier molecular flexibility index (Phi) is 8.67. The lowest BCUT2D eigenvalue weighted by atomic mass is 9.95. The first-order valence-electron chi connectivity index (χ1n) is 12.7. The summed E-state index contributed by atoms with van der Waals surface area (Å²) in [6.07, 6.45) is -5.44. The van der Waals surface area contributed by atoms with E-state index in [-0.39, 0.29) is 76.7 Å². The van der Waals surface area contributed by atoms with Gasteiger partial charge in [-0.05, 0) is 56.2 Å². The highest BCUT2D eigenvalue weighted by Crippen LogP contribution is 2.43. The van der Waals surface area contributed by atoms with Crippen LogP contribution in [-0.4, -0.2) is 77.8 Å². The van der Waals surface area contributed by atoms with Gasteiger partial charge in [0.05, 0.1) is 12.7 Å². The number of piperazine rings is 1. The lowest BCUT2D eigenvalue weighted by Gasteiger charge is -2.35. The van der Waals surface area contributed by atoms with Crippen molar-refractivity contribution in [3.63, 3.8) is 0 Å². The van der Waals surface area contributed by atoms with E-state index >= 15 is 0 Å². The van der Waals surface area contributed by atoms with Crippen molar-refractivity contribution >= 4 is 33.7 Å². The van der Waals surface area contributed by atoms with Crippen LogP contribution in [0.15, 0.2) is 35.2 Å². The monoisotopic (exact) mass is 630 g/mol. The summed E-state index contributed by atoms with van der Waals surface area (Å²) < 4.78 is 82.1. The van der Waals surface area contributed by atoms with Crippen LogP contribution in [0, 0.1) is 0 Å². The molecule has 0 bridgehead atoms. The normalized spacial score (nSPS) is 15.1. The fourth-order valence-corrected chi connectivity index (χ4v) is 6.43. The first-order valence-corrected chi connectivity index (χ1v) is 14.5. The van der Waals surface area contributed by atoms with Gasteiger partial charge >= 0.3 is 12.3 Å². The van der Waals surface area contributed by atoms with Crippen LogP contribution in [0.4, 0.5) is 23.9 Å². The maximum Gasteiger partial charge on any atom is 0.417 e. The molecule has 42 heavy (non-hydrogen) atoms. The Bertz CT molecular complexity index is 1580. The van der Waals surface area contributed by atoms with Gasteiger partial charge in [-0.1, -0.05) is 17.7 Å². The van der Waals surface area contributed by atoms with Gasteiger partial charge in [-0.2, -0.15) is 22.5 Å². The summed E-state index contributed by atoms with van der Waals surface area (Å²) >= 11 is 6.42. The molecule has 11 nitrogen and oxygen atoms in total. The quantitative estimate of drug-likeness (QED) is 0.403. The van der Waals surface area contributed by atoms with Crippen LogP contribution in [0.2, 0.25) is 5.02 Å². The molecule has 1 fully saturated rings. The first kappa shape index (κ1) is 31.4. The Morgan fingerprint density at radius 1 is 1.12 bits per heavy atom. The second-order valence-corrected chi connectivity index (χ2v) is 12.9. The molecule has 0 spiro atoms. The van der Waals surface area contributed by atoms with Gasteiger partial charge in [0.2, 0.25) is 16.0 Å². The standard InChI is InChI=1S/C26H30ClF3N6O5S/c1-25(2,3)41-24(37)35-7-9-36(10-8-35)42(38,39)20-14-16(5-6-19(20)40-4)22-17(26(28,29)30)11-15(12-18(22)27)13-21-32-23(31)34-33-21/h5-6,11-12,14H,7-10,13H2,1-4H3,(H3,31,32,33,34). The Labute approximate surface area is 245 Å². The van der Waals surface area contributed by atoms with E-state index in [9.17, 15) is 26.4 Å². The van der Waals surface area contributed by atoms with Gasteiger partial charge in [0, 0.05) is 43.2 Å². The minimum atomic E-state index is -4.83. The second-order valence-electron chi connectivity index (χ2n) is 10.6. The van der Waals surface area contributed by atoms with Gasteiger partial charge in [0.1, 0.15) is 22.1 Å². The number of halogens is 4. The van der Waals surface area contributed by atoms with Crippen LogP contribution in [0.25, 0.3) is 11.1 Å². The summed E-state index contributed by atoms with van der Waals surface area (Å²) in [5.41, 5.74) is 3.44.